The number of hydrogen-bond acceptors (Lipinski definition) is 3. The predicted octanol–water partition coefficient (Wildman–Crippen LogP) is 1.49. The van der Waals surface area contributed by atoms with E-state index in [1.54, 1.807) is 11.8 Å². The summed E-state index contributed by atoms with van der Waals surface area (Å²) >= 11 is 0. The van der Waals surface area contributed by atoms with Crippen LogP contribution in [0.1, 0.15) is 23.9 Å². The van der Waals surface area contributed by atoms with Gasteiger partial charge in [0.15, 0.2) is 0 Å². The summed E-state index contributed by atoms with van der Waals surface area (Å²) in [4.78, 5) is 27.6. The minimum absolute atomic E-state index is 0.122. The molecule has 0 aromatic carbocycles. The van der Waals surface area contributed by atoms with E-state index in [-0.39, 0.29) is 12.0 Å². The number of aromatic nitrogens is 1. The van der Waals surface area contributed by atoms with Crippen LogP contribution in [0.4, 0.5) is 4.79 Å². The molecule has 2 amide bonds. The number of ether oxygens (including phenoxy) is 1. The lowest BCUT2D eigenvalue weighted by Gasteiger charge is -2.34. The summed E-state index contributed by atoms with van der Waals surface area (Å²) in [5.74, 6) is 0.122. The monoisotopic (exact) mass is 307 g/mol. The molecule has 1 fully saturated rings. The zero-order valence-corrected chi connectivity index (χ0v) is 13.9. The maximum Gasteiger partial charge on any atom is 0.409 e. The summed E-state index contributed by atoms with van der Waals surface area (Å²) in [7, 11) is 2.01. The molecule has 0 aliphatic carbocycles. The average Bonchev–Trinajstić information content (AvgIpc) is 2.75. The van der Waals surface area contributed by atoms with Crippen LogP contribution < -0.4 is 0 Å². The topological polar surface area (TPSA) is 54.8 Å². The van der Waals surface area contributed by atoms with Crippen molar-refractivity contribution >= 4 is 12.0 Å². The third-order valence-corrected chi connectivity index (χ3v) is 4.38. The zero-order valence-electron chi connectivity index (χ0n) is 13.9. The second-order valence-electron chi connectivity index (χ2n) is 5.70. The number of hydrogen-bond donors (Lipinski definition) is 0. The highest BCUT2D eigenvalue weighted by molar-refractivity contribution is 5.79. The molecule has 1 saturated heterocycles. The molecular formula is C16H25N3O3. The van der Waals surface area contributed by atoms with Gasteiger partial charge in [0, 0.05) is 44.6 Å². The Labute approximate surface area is 131 Å². The van der Waals surface area contributed by atoms with E-state index in [2.05, 4.69) is 10.6 Å². The van der Waals surface area contributed by atoms with Gasteiger partial charge in [-0.2, -0.15) is 0 Å². The summed E-state index contributed by atoms with van der Waals surface area (Å²) in [5.41, 5.74) is 3.38. The highest BCUT2D eigenvalue weighted by Crippen LogP contribution is 2.15. The first-order valence-electron chi connectivity index (χ1n) is 7.75. The molecule has 0 N–H and O–H groups in total. The Balaban J connectivity index is 1.90. The van der Waals surface area contributed by atoms with Crippen molar-refractivity contribution in [3.63, 3.8) is 0 Å². The number of carbonyl (C=O) groups excluding carboxylic acids is 2. The van der Waals surface area contributed by atoms with E-state index in [4.69, 9.17) is 4.74 Å². The fourth-order valence-corrected chi connectivity index (χ4v) is 2.74. The van der Waals surface area contributed by atoms with Crippen molar-refractivity contribution in [2.45, 2.75) is 27.2 Å². The number of rotatable bonds is 3. The van der Waals surface area contributed by atoms with Crippen LogP contribution in [0.2, 0.25) is 0 Å². The highest BCUT2D eigenvalue weighted by atomic mass is 16.6. The van der Waals surface area contributed by atoms with E-state index in [9.17, 15) is 9.59 Å². The van der Waals surface area contributed by atoms with Gasteiger partial charge in [0.1, 0.15) is 0 Å². The first kappa shape index (κ1) is 16.4. The molecule has 0 bridgehead atoms. The van der Waals surface area contributed by atoms with E-state index in [1.165, 1.54) is 0 Å². The predicted molar refractivity (Wildman–Crippen MR) is 83.8 cm³/mol. The molecule has 2 rings (SSSR count). The van der Waals surface area contributed by atoms with Gasteiger partial charge in [0.25, 0.3) is 0 Å². The van der Waals surface area contributed by atoms with Gasteiger partial charge in [0.2, 0.25) is 5.91 Å². The summed E-state index contributed by atoms with van der Waals surface area (Å²) < 4.78 is 7.08. The Morgan fingerprint density at radius 1 is 1.14 bits per heavy atom. The Morgan fingerprint density at radius 3 is 2.23 bits per heavy atom. The van der Waals surface area contributed by atoms with E-state index in [1.807, 2.05) is 25.8 Å². The molecule has 1 aromatic rings. The molecule has 1 aromatic heterocycles. The first-order chi connectivity index (χ1) is 10.4. The number of aryl methyl sites for hydroxylation is 1. The normalized spacial score (nSPS) is 15.1. The Hall–Kier alpha value is -1.98. The lowest BCUT2D eigenvalue weighted by Crippen LogP contribution is -2.51. The molecule has 6 nitrogen and oxygen atoms in total. The average molecular weight is 307 g/mol. The fraction of sp³-hybridized carbons (Fsp3) is 0.625. The molecule has 0 saturated carbocycles. The van der Waals surface area contributed by atoms with Gasteiger partial charge in [-0.3, -0.25) is 4.79 Å². The number of nitrogens with zero attached hydrogens (tertiary/aromatic N) is 3. The minimum atomic E-state index is -0.288. The molecule has 0 spiro atoms. The largest absolute Gasteiger partial charge is 0.450 e. The van der Waals surface area contributed by atoms with Gasteiger partial charge in [-0.15, -0.1) is 0 Å². The zero-order chi connectivity index (χ0) is 16.3. The van der Waals surface area contributed by atoms with Gasteiger partial charge in [-0.25, -0.2) is 4.79 Å². The van der Waals surface area contributed by atoms with Crippen LogP contribution in [0.5, 0.6) is 0 Å². The summed E-state index contributed by atoms with van der Waals surface area (Å²) in [6, 6.07) is 2.07. The van der Waals surface area contributed by atoms with Crippen LogP contribution in [-0.4, -0.2) is 59.2 Å². The van der Waals surface area contributed by atoms with Crippen molar-refractivity contribution in [2.75, 3.05) is 32.8 Å². The van der Waals surface area contributed by atoms with Crippen LogP contribution in [0, 0.1) is 13.8 Å². The molecule has 0 radical (unpaired) electrons. The first-order valence-corrected chi connectivity index (χ1v) is 7.75. The van der Waals surface area contributed by atoms with Crippen LogP contribution >= 0.6 is 0 Å². The van der Waals surface area contributed by atoms with E-state index >= 15 is 0 Å². The van der Waals surface area contributed by atoms with Crippen molar-refractivity contribution in [3.8, 4) is 0 Å². The summed E-state index contributed by atoms with van der Waals surface area (Å²) in [5, 5.41) is 0. The third-order valence-electron chi connectivity index (χ3n) is 4.38. The van der Waals surface area contributed by atoms with Gasteiger partial charge < -0.3 is 19.1 Å². The second-order valence-corrected chi connectivity index (χ2v) is 5.70. The summed E-state index contributed by atoms with van der Waals surface area (Å²) in [6.07, 6.45) is 0.136. The quantitative estimate of drug-likeness (QED) is 0.850. The molecule has 0 unspecified atom stereocenters. The number of carbonyl (C=O) groups is 2. The van der Waals surface area contributed by atoms with Crippen LogP contribution in [-0.2, 0) is 23.0 Å². The van der Waals surface area contributed by atoms with Crippen LogP contribution in [0.3, 0.4) is 0 Å². The SMILES string of the molecule is CCOC(=O)N1CCN(C(=O)Cc2cc(C)n(C)c2C)CC1. The standard InChI is InChI=1S/C16H25N3O3/c1-5-22-16(21)19-8-6-18(7-9-19)15(20)11-14-10-12(2)17(4)13(14)3/h10H,5-9,11H2,1-4H3. The number of piperazine rings is 1. The van der Waals surface area contributed by atoms with Crippen LogP contribution in [0.25, 0.3) is 0 Å². The van der Waals surface area contributed by atoms with Crippen molar-refractivity contribution in [2.24, 2.45) is 7.05 Å². The smallest absolute Gasteiger partial charge is 0.409 e. The third kappa shape index (κ3) is 3.43. The Bertz CT molecular complexity index is 557. The molecule has 22 heavy (non-hydrogen) atoms. The van der Waals surface area contributed by atoms with Crippen molar-refractivity contribution in [1.29, 1.82) is 0 Å². The highest BCUT2D eigenvalue weighted by Gasteiger charge is 2.25. The van der Waals surface area contributed by atoms with E-state index in [0.717, 1.165) is 17.0 Å². The van der Waals surface area contributed by atoms with E-state index in [0.29, 0.717) is 39.2 Å². The molecule has 2 heterocycles. The van der Waals surface area contributed by atoms with Crippen molar-refractivity contribution in [1.82, 2.24) is 14.4 Å². The van der Waals surface area contributed by atoms with Gasteiger partial charge in [-0.1, -0.05) is 0 Å². The Kier molecular flexibility index (Phi) is 5.11. The van der Waals surface area contributed by atoms with E-state index < -0.39 is 0 Å². The van der Waals surface area contributed by atoms with Gasteiger partial charge in [0.05, 0.1) is 13.0 Å². The summed E-state index contributed by atoms with van der Waals surface area (Å²) in [6.45, 7) is 8.47. The second kappa shape index (κ2) is 6.85. The van der Waals surface area contributed by atoms with Crippen molar-refractivity contribution in [3.05, 3.63) is 23.0 Å². The van der Waals surface area contributed by atoms with Crippen molar-refractivity contribution < 1.29 is 14.3 Å². The molecule has 0 atom stereocenters. The minimum Gasteiger partial charge on any atom is -0.450 e. The maximum absolute atomic E-state index is 12.4. The number of amides is 2. The maximum atomic E-state index is 12.4. The van der Waals surface area contributed by atoms with Gasteiger partial charge >= 0.3 is 6.09 Å². The Morgan fingerprint density at radius 2 is 1.73 bits per heavy atom. The lowest BCUT2D eigenvalue weighted by molar-refractivity contribution is -0.132. The molecule has 1 aliphatic heterocycles. The van der Waals surface area contributed by atoms with Crippen LogP contribution in [0.15, 0.2) is 6.07 Å². The molecule has 6 heteroatoms. The van der Waals surface area contributed by atoms with Gasteiger partial charge in [-0.05, 0) is 32.4 Å². The molecule has 122 valence electrons. The fourth-order valence-electron chi connectivity index (χ4n) is 2.74. The lowest BCUT2D eigenvalue weighted by atomic mass is 10.1. The molecular weight excluding hydrogens is 282 g/mol. The molecule has 1 aliphatic rings.